The first-order valence-electron chi connectivity index (χ1n) is 9.91. The second-order valence-electron chi connectivity index (χ2n) is 7.54. The molecule has 1 heterocycles. The summed E-state index contributed by atoms with van der Waals surface area (Å²) in [7, 11) is 0. The van der Waals surface area contributed by atoms with Crippen molar-refractivity contribution >= 4 is 23.9 Å². The van der Waals surface area contributed by atoms with Crippen LogP contribution < -0.4 is 4.74 Å². The van der Waals surface area contributed by atoms with Crippen molar-refractivity contribution in [2.75, 3.05) is 6.61 Å². The van der Waals surface area contributed by atoms with Gasteiger partial charge in [0.25, 0.3) is 0 Å². The molecule has 0 amide bonds. The quantitative estimate of drug-likeness (QED) is 0.377. The van der Waals surface area contributed by atoms with E-state index >= 15 is 0 Å². The molecule has 1 saturated heterocycles. The number of rotatable bonds is 6. The lowest BCUT2D eigenvalue weighted by molar-refractivity contribution is -0.232. The highest BCUT2D eigenvalue weighted by Crippen LogP contribution is 2.42. The number of esters is 4. The number of carbonyl (C=O) groups is 4. The Labute approximate surface area is 180 Å². The maximum Gasteiger partial charge on any atom is 0.308 e. The molecule has 31 heavy (non-hydrogen) atoms. The van der Waals surface area contributed by atoms with Gasteiger partial charge in [0.1, 0.15) is 24.6 Å². The van der Waals surface area contributed by atoms with E-state index in [0.717, 1.165) is 5.56 Å². The van der Waals surface area contributed by atoms with Crippen LogP contribution in [0.2, 0.25) is 0 Å². The molecule has 0 aromatic heterocycles. The van der Waals surface area contributed by atoms with E-state index in [4.69, 9.17) is 23.7 Å². The average Bonchev–Trinajstić information content (AvgIpc) is 2.64. The minimum absolute atomic E-state index is 0.0910. The SMILES string of the molecule is CC(=O)OC[C@H]1O[C@@H](c2cc(C)ccc2OC(C)=O)[C@H](OC(C)=O)[C@@H](OC(C)=O)[C@@H]1C. The first kappa shape index (κ1) is 24.3. The van der Waals surface area contributed by atoms with Gasteiger partial charge < -0.3 is 23.7 Å². The Kier molecular flexibility index (Phi) is 8.15. The van der Waals surface area contributed by atoms with E-state index in [1.165, 1.54) is 27.7 Å². The van der Waals surface area contributed by atoms with Crippen LogP contribution in [0.5, 0.6) is 5.75 Å². The molecule has 0 unspecified atom stereocenters. The molecule has 9 heteroatoms. The zero-order valence-electron chi connectivity index (χ0n) is 18.5. The average molecular weight is 436 g/mol. The molecule has 5 atom stereocenters. The van der Waals surface area contributed by atoms with Gasteiger partial charge in [0.15, 0.2) is 6.10 Å². The van der Waals surface area contributed by atoms with Gasteiger partial charge in [-0.2, -0.15) is 0 Å². The summed E-state index contributed by atoms with van der Waals surface area (Å²) in [5.41, 5.74) is 1.29. The van der Waals surface area contributed by atoms with Crippen LogP contribution in [0, 0.1) is 12.8 Å². The van der Waals surface area contributed by atoms with E-state index in [0.29, 0.717) is 5.56 Å². The van der Waals surface area contributed by atoms with E-state index < -0.39 is 54.2 Å². The Morgan fingerprint density at radius 1 is 0.903 bits per heavy atom. The van der Waals surface area contributed by atoms with Crippen molar-refractivity contribution in [3.63, 3.8) is 0 Å². The van der Waals surface area contributed by atoms with Crippen molar-refractivity contribution in [2.24, 2.45) is 5.92 Å². The van der Waals surface area contributed by atoms with Crippen molar-refractivity contribution in [2.45, 2.75) is 66.0 Å². The Morgan fingerprint density at radius 3 is 2.06 bits per heavy atom. The molecular formula is C22H28O9. The summed E-state index contributed by atoms with van der Waals surface area (Å²) in [6.45, 7) is 8.52. The summed E-state index contributed by atoms with van der Waals surface area (Å²) < 4.78 is 27.7. The van der Waals surface area contributed by atoms with Crippen molar-refractivity contribution in [3.05, 3.63) is 29.3 Å². The van der Waals surface area contributed by atoms with E-state index in [-0.39, 0.29) is 12.4 Å². The van der Waals surface area contributed by atoms with Gasteiger partial charge in [-0.1, -0.05) is 18.6 Å². The van der Waals surface area contributed by atoms with Crippen molar-refractivity contribution in [3.8, 4) is 5.75 Å². The fourth-order valence-electron chi connectivity index (χ4n) is 3.54. The van der Waals surface area contributed by atoms with Crippen molar-refractivity contribution < 1.29 is 42.9 Å². The van der Waals surface area contributed by atoms with Crippen LogP contribution in [0.4, 0.5) is 0 Å². The molecule has 0 saturated carbocycles. The molecule has 0 aliphatic carbocycles. The second kappa shape index (κ2) is 10.4. The topological polar surface area (TPSA) is 114 Å². The predicted molar refractivity (Wildman–Crippen MR) is 107 cm³/mol. The molecule has 0 radical (unpaired) electrons. The molecule has 1 fully saturated rings. The first-order valence-corrected chi connectivity index (χ1v) is 9.91. The fraction of sp³-hybridized carbons (Fsp3) is 0.545. The summed E-state index contributed by atoms with van der Waals surface area (Å²) in [4.78, 5) is 46.7. The second-order valence-corrected chi connectivity index (χ2v) is 7.54. The molecule has 9 nitrogen and oxygen atoms in total. The van der Waals surface area contributed by atoms with Crippen molar-refractivity contribution in [1.82, 2.24) is 0 Å². The van der Waals surface area contributed by atoms with Gasteiger partial charge in [0, 0.05) is 39.2 Å². The summed E-state index contributed by atoms with van der Waals surface area (Å²) >= 11 is 0. The number of carbonyl (C=O) groups excluding carboxylic acids is 4. The van der Waals surface area contributed by atoms with E-state index in [1.807, 2.05) is 6.92 Å². The highest BCUT2D eigenvalue weighted by Gasteiger charge is 2.49. The normalized spacial score (nSPS) is 25.3. The number of hydrogen-bond donors (Lipinski definition) is 0. The highest BCUT2D eigenvalue weighted by molar-refractivity contribution is 5.70. The first-order chi connectivity index (χ1) is 14.5. The fourth-order valence-corrected chi connectivity index (χ4v) is 3.54. The summed E-state index contributed by atoms with van der Waals surface area (Å²) in [6, 6.07) is 5.11. The van der Waals surface area contributed by atoms with Crippen LogP contribution in [0.1, 0.15) is 51.8 Å². The maximum atomic E-state index is 11.9. The molecule has 2 rings (SSSR count). The van der Waals surface area contributed by atoms with Gasteiger partial charge in [-0.3, -0.25) is 19.2 Å². The lowest BCUT2D eigenvalue weighted by Gasteiger charge is -2.44. The molecule has 0 spiro atoms. The monoisotopic (exact) mass is 436 g/mol. The third kappa shape index (κ3) is 6.52. The maximum absolute atomic E-state index is 11.9. The smallest absolute Gasteiger partial charge is 0.308 e. The Balaban J connectivity index is 2.57. The molecule has 1 aromatic carbocycles. The largest absolute Gasteiger partial charge is 0.463 e. The van der Waals surface area contributed by atoms with Gasteiger partial charge in [-0.25, -0.2) is 0 Å². The van der Waals surface area contributed by atoms with Gasteiger partial charge in [-0.15, -0.1) is 0 Å². The van der Waals surface area contributed by atoms with E-state index in [1.54, 1.807) is 25.1 Å². The lowest BCUT2D eigenvalue weighted by Crippen LogP contribution is -2.54. The predicted octanol–water partition coefficient (Wildman–Crippen LogP) is 2.42. The summed E-state index contributed by atoms with van der Waals surface area (Å²) in [6.07, 6.45) is -3.51. The van der Waals surface area contributed by atoms with Crippen LogP contribution in [-0.2, 0) is 38.1 Å². The number of aryl methyl sites for hydroxylation is 1. The summed E-state index contributed by atoms with van der Waals surface area (Å²) in [5.74, 6) is -2.43. The third-order valence-electron chi connectivity index (χ3n) is 4.83. The molecule has 170 valence electrons. The van der Waals surface area contributed by atoms with Crippen LogP contribution in [0.25, 0.3) is 0 Å². The molecule has 0 N–H and O–H groups in total. The van der Waals surface area contributed by atoms with Crippen LogP contribution in [0.3, 0.4) is 0 Å². The molecule has 1 aliphatic rings. The van der Waals surface area contributed by atoms with Crippen molar-refractivity contribution in [1.29, 1.82) is 0 Å². The zero-order valence-corrected chi connectivity index (χ0v) is 18.5. The Morgan fingerprint density at radius 2 is 1.52 bits per heavy atom. The molecular weight excluding hydrogens is 408 g/mol. The lowest BCUT2D eigenvalue weighted by atomic mass is 9.85. The minimum Gasteiger partial charge on any atom is -0.463 e. The zero-order chi connectivity index (χ0) is 23.3. The number of benzene rings is 1. The Hall–Kier alpha value is -2.94. The van der Waals surface area contributed by atoms with Crippen LogP contribution >= 0.6 is 0 Å². The Bertz CT molecular complexity index is 847. The molecule has 1 aromatic rings. The molecule has 0 bridgehead atoms. The van der Waals surface area contributed by atoms with Gasteiger partial charge >= 0.3 is 23.9 Å². The van der Waals surface area contributed by atoms with Gasteiger partial charge in [0.2, 0.25) is 0 Å². The van der Waals surface area contributed by atoms with Gasteiger partial charge in [-0.05, 0) is 19.1 Å². The van der Waals surface area contributed by atoms with Crippen LogP contribution in [-0.4, -0.2) is 48.8 Å². The standard InChI is InChI=1S/C22H28O9/c1-11-7-8-18(28-14(4)24)17(9-11)21-22(30-16(6)26)20(29-15(5)25)12(2)19(31-21)10-27-13(3)23/h7-9,12,19-22H,10H2,1-6H3/t12-,19-,20+,21+,22-/m1/s1. The number of hydrogen-bond acceptors (Lipinski definition) is 9. The van der Waals surface area contributed by atoms with E-state index in [9.17, 15) is 19.2 Å². The van der Waals surface area contributed by atoms with E-state index in [2.05, 4.69) is 0 Å². The third-order valence-corrected chi connectivity index (χ3v) is 4.83. The van der Waals surface area contributed by atoms with Crippen LogP contribution in [0.15, 0.2) is 18.2 Å². The highest BCUT2D eigenvalue weighted by atomic mass is 16.6. The van der Waals surface area contributed by atoms with Gasteiger partial charge in [0.05, 0.1) is 6.10 Å². The number of ether oxygens (including phenoxy) is 5. The molecule has 1 aliphatic heterocycles. The minimum atomic E-state index is -1.01. The summed E-state index contributed by atoms with van der Waals surface area (Å²) in [5, 5.41) is 0.